The lowest BCUT2D eigenvalue weighted by molar-refractivity contribution is -0.370. The van der Waals surface area contributed by atoms with E-state index in [-0.39, 0.29) is 19.6 Å². The predicted molar refractivity (Wildman–Crippen MR) is 95.3 cm³/mol. The van der Waals surface area contributed by atoms with Crippen LogP contribution in [-0.4, -0.2) is 24.3 Å². The number of unbranched alkanes of at least 4 members (excludes halogenated alkanes) is 5. The first kappa shape index (κ1) is 22.9. The average molecular weight is 376 g/mol. The van der Waals surface area contributed by atoms with Crippen LogP contribution in [0, 0.1) is 17.5 Å². The van der Waals surface area contributed by atoms with Crippen LogP contribution in [0.5, 0.6) is 0 Å². The van der Waals surface area contributed by atoms with Gasteiger partial charge in [-0.2, -0.15) is 0 Å². The largest absolute Gasteiger partial charge is 0.343 e. The van der Waals surface area contributed by atoms with Gasteiger partial charge in [0.15, 0.2) is 0 Å². The Labute approximate surface area is 154 Å². The first-order chi connectivity index (χ1) is 12.4. The Morgan fingerprint density at radius 3 is 1.88 bits per heavy atom. The Hall–Kier alpha value is -1.11. The van der Waals surface area contributed by atoms with Crippen LogP contribution in [-0.2, 0) is 9.47 Å². The van der Waals surface area contributed by atoms with Gasteiger partial charge in [-0.1, -0.05) is 45.4 Å². The molecule has 0 amide bonds. The summed E-state index contributed by atoms with van der Waals surface area (Å²) in [6.07, 6.45) is 6.16. The van der Waals surface area contributed by atoms with Crippen molar-refractivity contribution in [2.75, 3.05) is 13.2 Å². The van der Waals surface area contributed by atoms with Gasteiger partial charge in [0.05, 0.1) is 5.92 Å². The van der Waals surface area contributed by atoms with Crippen molar-refractivity contribution in [3.05, 3.63) is 35.1 Å². The van der Waals surface area contributed by atoms with E-state index >= 15 is 0 Å². The Bertz CT molecular complexity index is 508. The minimum absolute atomic E-state index is 0.105. The molecular formula is C20H31F3O3. The number of hydrogen-bond donors (Lipinski definition) is 1. The summed E-state index contributed by atoms with van der Waals surface area (Å²) < 4.78 is 52.6. The molecular weight excluding hydrogens is 345 g/mol. The predicted octanol–water partition coefficient (Wildman–Crippen LogP) is 5.66. The van der Waals surface area contributed by atoms with Gasteiger partial charge in [-0.05, 0) is 20.3 Å². The van der Waals surface area contributed by atoms with Crippen molar-refractivity contribution in [1.82, 2.24) is 0 Å². The molecule has 150 valence electrons. The summed E-state index contributed by atoms with van der Waals surface area (Å²) in [6, 6.07) is 1.23. The molecule has 26 heavy (non-hydrogen) atoms. The van der Waals surface area contributed by atoms with E-state index in [2.05, 4.69) is 6.92 Å². The minimum Gasteiger partial charge on any atom is -0.343 e. The summed E-state index contributed by atoms with van der Waals surface area (Å²) in [5.74, 6) is -6.34. The zero-order chi connectivity index (χ0) is 19.6. The van der Waals surface area contributed by atoms with Crippen molar-refractivity contribution in [1.29, 1.82) is 0 Å². The second kappa shape index (κ2) is 11.6. The molecule has 0 aliphatic carbocycles. The van der Waals surface area contributed by atoms with Crippen LogP contribution >= 0.6 is 0 Å². The lowest BCUT2D eigenvalue weighted by atomic mass is 9.89. The minimum atomic E-state index is -2.16. The Kier molecular flexibility index (Phi) is 10.2. The normalized spacial score (nSPS) is 13.2. The third kappa shape index (κ3) is 6.56. The fraction of sp³-hybridized carbons (Fsp3) is 0.700. The topological polar surface area (TPSA) is 38.7 Å². The van der Waals surface area contributed by atoms with Crippen molar-refractivity contribution in [2.24, 2.45) is 0 Å². The molecule has 0 fully saturated rings. The summed E-state index contributed by atoms with van der Waals surface area (Å²) in [4.78, 5) is 0. The molecule has 0 bridgehead atoms. The summed E-state index contributed by atoms with van der Waals surface area (Å²) in [5.41, 5.74) is -0.399. The lowest BCUT2D eigenvalue weighted by Gasteiger charge is -2.35. The number of hydrogen-bond acceptors (Lipinski definition) is 3. The maximum Gasteiger partial charge on any atom is 0.287 e. The van der Waals surface area contributed by atoms with Crippen LogP contribution in [0.2, 0.25) is 0 Å². The van der Waals surface area contributed by atoms with E-state index in [1.165, 1.54) is 0 Å². The number of benzene rings is 1. The fourth-order valence-electron chi connectivity index (χ4n) is 3.18. The SMILES string of the molecule is CCCCCCCCC(c1c(F)cc(F)cc1F)C(O)(OCC)OCC. The molecule has 0 aliphatic heterocycles. The molecule has 0 aliphatic rings. The van der Waals surface area contributed by atoms with Gasteiger partial charge in [0, 0.05) is 30.9 Å². The van der Waals surface area contributed by atoms with E-state index < -0.39 is 34.9 Å². The molecule has 1 aromatic carbocycles. The van der Waals surface area contributed by atoms with Crippen LogP contribution in [0.15, 0.2) is 12.1 Å². The summed E-state index contributed by atoms with van der Waals surface area (Å²) in [7, 11) is 0. The highest BCUT2D eigenvalue weighted by Crippen LogP contribution is 2.38. The smallest absolute Gasteiger partial charge is 0.287 e. The van der Waals surface area contributed by atoms with E-state index in [1.807, 2.05) is 0 Å². The van der Waals surface area contributed by atoms with Crippen molar-refractivity contribution in [3.63, 3.8) is 0 Å². The maximum atomic E-state index is 14.3. The Morgan fingerprint density at radius 2 is 1.38 bits per heavy atom. The lowest BCUT2D eigenvalue weighted by Crippen LogP contribution is -2.43. The quantitative estimate of drug-likeness (QED) is 0.357. The van der Waals surface area contributed by atoms with E-state index in [9.17, 15) is 18.3 Å². The first-order valence-electron chi connectivity index (χ1n) is 9.54. The third-order valence-electron chi connectivity index (χ3n) is 4.38. The Morgan fingerprint density at radius 1 is 0.885 bits per heavy atom. The number of aliphatic hydroxyl groups is 1. The molecule has 1 rings (SSSR count). The van der Waals surface area contributed by atoms with E-state index in [0.29, 0.717) is 18.6 Å². The second-order valence-electron chi connectivity index (χ2n) is 6.39. The summed E-state index contributed by atoms with van der Waals surface area (Å²) in [6.45, 7) is 5.65. The maximum absolute atomic E-state index is 14.3. The molecule has 1 aromatic rings. The number of ether oxygens (including phenoxy) is 2. The molecule has 0 saturated carbocycles. The molecule has 0 radical (unpaired) electrons. The molecule has 1 unspecified atom stereocenters. The molecule has 0 saturated heterocycles. The van der Waals surface area contributed by atoms with E-state index in [4.69, 9.17) is 9.47 Å². The van der Waals surface area contributed by atoms with E-state index in [0.717, 1.165) is 32.1 Å². The van der Waals surface area contributed by atoms with Crippen LogP contribution in [0.4, 0.5) is 13.2 Å². The highest BCUT2D eigenvalue weighted by molar-refractivity contribution is 5.26. The van der Waals surface area contributed by atoms with E-state index in [1.54, 1.807) is 13.8 Å². The van der Waals surface area contributed by atoms with Crippen LogP contribution < -0.4 is 0 Å². The third-order valence-corrected chi connectivity index (χ3v) is 4.38. The monoisotopic (exact) mass is 376 g/mol. The fourth-order valence-corrected chi connectivity index (χ4v) is 3.18. The molecule has 6 heteroatoms. The number of rotatable bonds is 13. The highest BCUT2D eigenvalue weighted by atomic mass is 19.1. The summed E-state index contributed by atoms with van der Waals surface area (Å²) >= 11 is 0. The van der Waals surface area contributed by atoms with Crippen LogP contribution in [0.25, 0.3) is 0 Å². The molecule has 0 aromatic heterocycles. The van der Waals surface area contributed by atoms with Crippen LogP contribution in [0.3, 0.4) is 0 Å². The first-order valence-corrected chi connectivity index (χ1v) is 9.54. The molecule has 3 nitrogen and oxygen atoms in total. The van der Waals surface area contributed by atoms with Crippen molar-refractivity contribution < 1.29 is 27.8 Å². The van der Waals surface area contributed by atoms with Gasteiger partial charge in [-0.15, -0.1) is 0 Å². The van der Waals surface area contributed by atoms with Gasteiger partial charge in [-0.3, -0.25) is 0 Å². The second-order valence-corrected chi connectivity index (χ2v) is 6.39. The Balaban J connectivity index is 3.05. The van der Waals surface area contributed by atoms with Crippen LogP contribution in [0.1, 0.15) is 77.2 Å². The van der Waals surface area contributed by atoms with Gasteiger partial charge in [0.2, 0.25) is 0 Å². The van der Waals surface area contributed by atoms with Gasteiger partial charge in [0.1, 0.15) is 17.5 Å². The van der Waals surface area contributed by atoms with Gasteiger partial charge >= 0.3 is 0 Å². The molecule has 1 atom stereocenters. The van der Waals surface area contributed by atoms with Crippen molar-refractivity contribution in [3.8, 4) is 0 Å². The standard InChI is InChI=1S/C20H31F3O3/c1-4-7-8-9-10-11-12-16(20(24,25-5-2)26-6-3)19-17(22)13-15(21)14-18(19)23/h13-14,16,24H,4-12H2,1-3H3. The zero-order valence-corrected chi connectivity index (χ0v) is 16.0. The molecule has 0 heterocycles. The zero-order valence-electron chi connectivity index (χ0n) is 16.0. The summed E-state index contributed by atoms with van der Waals surface area (Å²) in [5, 5.41) is 10.8. The molecule has 1 N–H and O–H groups in total. The number of halogens is 3. The van der Waals surface area contributed by atoms with Crippen molar-refractivity contribution in [2.45, 2.75) is 77.6 Å². The molecule has 0 spiro atoms. The highest BCUT2D eigenvalue weighted by Gasteiger charge is 2.42. The van der Waals surface area contributed by atoms with Gasteiger partial charge in [-0.25, -0.2) is 13.2 Å². The average Bonchev–Trinajstić information content (AvgIpc) is 2.55. The van der Waals surface area contributed by atoms with Crippen molar-refractivity contribution >= 4 is 0 Å². The van der Waals surface area contributed by atoms with Gasteiger partial charge < -0.3 is 14.6 Å². The van der Waals surface area contributed by atoms with Gasteiger partial charge in [0.25, 0.3) is 5.97 Å².